The van der Waals surface area contributed by atoms with Crippen molar-refractivity contribution < 1.29 is 17.9 Å². The lowest BCUT2D eigenvalue weighted by Gasteiger charge is -2.23. The number of sulfone groups is 1. The van der Waals surface area contributed by atoms with E-state index in [0.29, 0.717) is 23.2 Å². The zero-order chi connectivity index (χ0) is 16.6. The molecule has 0 aromatic heterocycles. The third-order valence-corrected chi connectivity index (χ3v) is 7.45. The van der Waals surface area contributed by atoms with Gasteiger partial charge >= 0.3 is 0 Å². The van der Waals surface area contributed by atoms with Crippen LogP contribution in [0, 0.1) is 5.41 Å². The van der Waals surface area contributed by atoms with E-state index in [9.17, 15) is 8.42 Å². The highest BCUT2D eigenvalue weighted by Gasteiger charge is 2.47. The summed E-state index contributed by atoms with van der Waals surface area (Å²) in [7, 11) is 0.238. The lowest BCUT2D eigenvalue weighted by Crippen LogP contribution is -2.38. The third kappa shape index (κ3) is 3.83. The molecular weight excluding hydrogens is 416 g/mol. The Morgan fingerprint density at radius 2 is 1.96 bits per heavy atom. The molecule has 2 aliphatic heterocycles. The van der Waals surface area contributed by atoms with Crippen molar-refractivity contribution in [3.05, 3.63) is 23.8 Å². The average Bonchev–Trinajstić information content (AvgIpc) is 2.95. The number of hydrogen-bond acceptors (Lipinski definition) is 6. The second-order valence-electron chi connectivity index (χ2n) is 5.74. The highest BCUT2D eigenvalue weighted by molar-refractivity contribution is 8.93. The summed E-state index contributed by atoms with van der Waals surface area (Å²) in [5, 5.41) is 8.58. The zero-order valence-electron chi connectivity index (χ0n) is 13.5. The van der Waals surface area contributed by atoms with Gasteiger partial charge in [0, 0.05) is 11.8 Å². The van der Waals surface area contributed by atoms with Gasteiger partial charge in [-0.25, -0.2) is 8.42 Å². The van der Waals surface area contributed by atoms with Gasteiger partial charge in [0.1, 0.15) is 0 Å². The molecule has 0 bridgehead atoms. The van der Waals surface area contributed by atoms with E-state index in [2.05, 4.69) is 0 Å². The number of hydrogen-bond donors (Lipinski definition) is 1. The number of thioether (sulfide) groups is 1. The quantitative estimate of drug-likeness (QED) is 0.759. The first-order valence-electron chi connectivity index (χ1n) is 7.36. The van der Waals surface area contributed by atoms with E-state index in [1.807, 2.05) is 23.1 Å². The molecule has 9 heteroatoms. The summed E-state index contributed by atoms with van der Waals surface area (Å²) >= 11 is 1.38. The minimum Gasteiger partial charge on any atom is -0.493 e. The molecule has 1 N–H and O–H groups in total. The van der Waals surface area contributed by atoms with Crippen LogP contribution in [0.4, 0.5) is 0 Å². The molecule has 0 radical (unpaired) electrons. The van der Waals surface area contributed by atoms with Crippen LogP contribution in [0.25, 0.3) is 0 Å². The number of ether oxygens (including phenoxy) is 2. The molecule has 2 atom stereocenters. The molecule has 2 fully saturated rings. The number of rotatable bonds is 5. The molecule has 0 amide bonds. The van der Waals surface area contributed by atoms with Crippen LogP contribution in [0.2, 0.25) is 0 Å². The van der Waals surface area contributed by atoms with Crippen LogP contribution in [0.5, 0.6) is 11.5 Å². The number of nitrogens with one attached hydrogen (secondary N) is 1. The lowest BCUT2D eigenvalue weighted by molar-refractivity contribution is 0.351. The Hall–Kier alpha value is -0.930. The van der Waals surface area contributed by atoms with Gasteiger partial charge in [0.25, 0.3) is 0 Å². The zero-order valence-corrected chi connectivity index (χ0v) is 16.9. The first kappa shape index (κ1) is 19.4. The first-order chi connectivity index (χ1) is 10.9. The van der Waals surface area contributed by atoms with Crippen LogP contribution in [-0.4, -0.2) is 62.0 Å². The van der Waals surface area contributed by atoms with Crippen LogP contribution >= 0.6 is 28.7 Å². The van der Waals surface area contributed by atoms with Crippen LogP contribution in [0.3, 0.4) is 0 Å². The molecule has 2 saturated heterocycles. The molecular formula is C15H21BrN2O4S2. The fourth-order valence-electron chi connectivity index (χ4n) is 3.11. The predicted octanol–water partition coefficient (Wildman–Crippen LogP) is 1.97. The fourth-order valence-corrected chi connectivity index (χ4v) is 6.97. The van der Waals surface area contributed by atoms with Crippen LogP contribution in [0.1, 0.15) is 5.56 Å². The van der Waals surface area contributed by atoms with Gasteiger partial charge in [-0.2, -0.15) is 0 Å². The maximum Gasteiger partial charge on any atom is 0.160 e. The second-order valence-corrected chi connectivity index (χ2v) is 9.12. The molecule has 2 aliphatic rings. The standard InChI is InChI=1S/C15H20N2O4S2.BrH/c1-20-12-4-3-10(7-13(12)21-2)5-6-17-11-8-23(18,19)9-14(11)22-15(17)16;/h3-4,7,11,14,16H,5-6,8-9H2,1-2H3;1H/t11-,14+;/m1./s1. The lowest BCUT2D eigenvalue weighted by atomic mass is 10.1. The Labute approximate surface area is 157 Å². The van der Waals surface area contributed by atoms with Crippen LogP contribution in [0.15, 0.2) is 18.2 Å². The Kier molecular flexibility index (Phi) is 6.09. The highest BCUT2D eigenvalue weighted by Crippen LogP contribution is 2.37. The molecule has 0 aliphatic carbocycles. The number of halogens is 1. The molecule has 24 heavy (non-hydrogen) atoms. The molecule has 3 rings (SSSR count). The molecule has 2 heterocycles. The van der Waals surface area contributed by atoms with E-state index in [1.54, 1.807) is 14.2 Å². The van der Waals surface area contributed by atoms with Gasteiger partial charge in [-0.05, 0) is 24.1 Å². The topological polar surface area (TPSA) is 79.7 Å². The molecule has 0 saturated carbocycles. The predicted molar refractivity (Wildman–Crippen MR) is 102 cm³/mol. The van der Waals surface area contributed by atoms with Gasteiger partial charge < -0.3 is 14.4 Å². The monoisotopic (exact) mass is 436 g/mol. The normalized spacial score (nSPS) is 24.4. The smallest absolute Gasteiger partial charge is 0.160 e. The molecule has 1 aromatic rings. The number of amidine groups is 1. The van der Waals surface area contributed by atoms with Gasteiger partial charge in [-0.1, -0.05) is 17.8 Å². The van der Waals surface area contributed by atoms with E-state index < -0.39 is 9.84 Å². The van der Waals surface area contributed by atoms with Gasteiger partial charge in [0.15, 0.2) is 26.5 Å². The number of nitrogens with zero attached hydrogens (tertiary/aromatic N) is 1. The van der Waals surface area contributed by atoms with Gasteiger partial charge in [-0.15, -0.1) is 17.0 Å². The summed E-state index contributed by atoms with van der Waals surface area (Å²) in [6.07, 6.45) is 0.729. The molecule has 0 spiro atoms. The van der Waals surface area contributed by atoms with Gasteiger partial charge in [0.05, 0.1) is 31.8 Å². The van der Waals surface area contributed by atoms with E-state index in [0.717, 1.165) is 12.0 Å². The Morgan fingerprint density at radius 1 is 1.25 bits per heavy atom. The van der Waals surface area contributed by atoms with Crippen molar-refractivity contribution >= 4 is 43.7 Å². The van der Waals surface area contributed by atoms with Crippen molar-refractivity contribution in [1.29, 1.82) is 5.41 Å². The van der Waals surface area contributed by atoms with E-state index >= 15 is 0 Å². The summed E-state index contributed by atoms with van der Waals surface area (Å²) in [5.41, 5.74) is 1.07. The molecule has 1 aromatic carbocycles. The number of benzene rings is 1. The highest BCUT2D eigenvalue weighted by atomic mass is 79.9. The minimum absolute atomic E-state index is 0. The maximum atomic E-state index is 11.8. The second kappa shape index (κ2) is 7.53. The van der Waals surface area contributed by atoms with Crippen molar-refractivity contribution in [1.82, 2.24) is 4.90 Å². The van der Waals surface area contributed by atoms with E-state index in [1.165, 1.54) is 11.8 Å². The molecule has 0 unspecified atom stereocenters. The Morgan fingerprint density at radius 3 is 2.62 bits per heavy atom. The Balaban J connectivity index is 0.00000208. The van der Waals surface area contributed by atoms with Crippen molar-refractivity contribution in [2.45, 2.75) is 17.7 Å². The maximum absolute atomic E-state index is 11.8. The number of methoxy groups -OCH3 is 2. The summed E-state index contributed by atoms with van der Waals surface area (Å²) in [5.74, 6) is 1.72. The number of fused-ring (bicyclic) bond motifs is 1. The first-order valence-corrected chi connectivity index (χ1v) is 10.1. The van der Waals surface area contributed by atoms with Crippen molar-refractivity contribution in [2.24, 2.45) is 0 Å². The van der Waals surface area contributed by atoms with Crippen LogP contribution in [-0.2, 0) is 16.3 Å². The van der Waals surface area contributed by atoms with E-state index in [-0.39, 0.29) is 39.8 Å². The summed E-state index contributed by atoms with van der Waals surface area (Å²) in [6, 6.07) is 5.70. The summed E-state index contributed by atoms with van der Waals surface area (Å²) in [6.45, 7) is 0.637. The Bertz CT molecular complexity index is 726. The minimum atomic E-state index is -2.96. The van der Waals surface area contributed by atoms with E-state index in [4.69, 9.17) is 14.9 Å². The summed E-state index contributed by atoms with van der Waals surface area (Å²) < 4.78 is 34.1. The summed E-state index contributed by atoms with van der Waals surface area (Å²) in [4.78, 5) is 1.93. The van der Waals surface area contributed by atoms with Gasteiger partial charge in [-0.3, -0.25) is 5.41 Å². The molecule has 134 valence electrons. The average molecular weight is 437 g/mol. The fraction of sp³-hybridized carbons (Fsp3) is 0.533. The van der Waals surface area contributed by atoms with Gasteiger partial charge in [0.2, 0.25) is 0 Å². The molecule has 6 nitrogen and oxygen atoms in total. The third-order valence-electron chi connectivity index (χ3n) is 4.29. The van der Waals surface area contributed by atoms with Crippen molar-refractivity contribution in [3.63, 3.8) is 0 Å². The van der Waals surface area contributed by atoms with Crippen molar-refractivity contribution in [2.75, 3.05) is 32.3 Å². The largest absolute Gasteiger partial charge is 0.493 e. The SMILES string of the molecule is Br.COc1ccc(CCN2C(=N)S[C@H]3CS(=O)(=O)C[C@H]32)cc1OC. The van der Waals surface area contributed by atoms with Crippen LogP contribution < -0.4 is 9.47 Å². The van der Waals surface area contributed by atoms with Crippen molar-refractivity contribution in [3.8, 4) is 11.5 Å².